The van der Waals surface area contributed by atoms with Crippen LogP contribution < -0.4 is 0 Å². The minimum atomic E-state index is -0.0765. The quantitative estimate of drug-likeness (QED) is 0.770. The van der Waals surface area contributed by atoms with Crippen LogP contribution in [0.3, 0.4) is 0 Å². The number of nitrogens with zero attached hydrogens (tertiary/aromatic N) is 3. The SMILES string of the molecule is CCN(CC)C(=O)c1ccnc(C(=O)N2CCC(Cc3ccccc3)CC2)c1. The Bertz CT molecular complexity index is 795. The van der Waals surface area contributed by atoms with Crippen molar-refractivity contribution in [3.8, 4) is 0 Å². The van der Waals surface area contributed by atoms with Gasteiger partial charge in [-0.1, -0.05) is 30.3 Å². The zero-order valence-electron chi connectivity index (χ0n) is 16.8. The van der Waals surface area contributed by atoms with E-state index in [-0.39, 0.29) is 11.8 Å². The zero-order valence-corrected chi connectivity index (χ0v) is 16.8. The van der Waals surface area contributed by atoms with E-state index in [0.717, 1.165) is 32.4 Å². The fourth-order valence-electron chi connectivity index (χ4n) is 3.82. The van der Waals surface area contributed by atoms with Crippen LogP contribution >= 0.6 is 0 Å². The summed E-state index contributed by atoms with van der Waals surface area (Å²) < 4.78 is 0. The molecule has 0 aliphatic carbocycles. The first-order valence-corrected chi connectivity index (χ1v) is 10.2. The van der Waals surface area contributed by atoms with E-state index >= 15 is 0 Å². The highest BCUT2D eigenvalue weighted by molar-refractivity contribution is 5.98. The van der Waals surface area contributed by atoms with Crippen molar-refractivity contribution in [3.63, 3.8) is 0 Å². The van der Waals surface area contributed by atoms with E-state index in [1.54, 1.807) is 23.2 Å². The number of aromatic nitrogens is 1. The summed E-state index contributed by atoms with van der Waals surface area (Å²) in [5, 5.41) is 0. The molecule has 3 rings (SSSR count). The van der Waals surface area contributed by atoms with Gasteiger partial charge in [0.1, 0.15) is 5.69 Å². The number of likely N-dealkylation sites (tertiary alicyclic amines) is 1. The van der Waals surface area contributed by atoms with Gasteiger partial charge in [-0.05, 0) is 56.7 Å². The third-order valence-corrected chi connectivity index (χ3v) is 5.55. The summed E-state index contributed by atoms with van der Waals surface area (Å²) in [7, 11) is 0. The van der Waals surface area contributed by atoms with E-state index in [4.69, 9.17) is 0 Å². The number of benzene rings is 1. The van der Waals surface area contributed by atoms with Crippen molar-refractivity contribution < 1.29 is 9.59 Å². The minimum Gasteiger partial charge on any atom is -0.339 e. The average Bonchev–Trinajstić information content (AvgIpc) is 2.75. The molecule has 148 valence electrons. The van der Waals surface area contributed by atoms with Crippen LogP contribution in [0.1, 0.15) is 53.1 Å². The Morgan fingerprint density at radius 1 is 1.07 bits per heavy atom. The summed E-state index contributed by atoms with van der Waals surface area (Å²) in [6.07, 6.45) is 4.62. The molecule has 0 radical (unpaired) electrons. The molecule has 1 saturated heterocycles. The van der Waals surface area contributed by atoms with Crippen LogP contribution in [0.2, 0.25) is 0 Å². The van der Waals surface area contributed by atoms with Crippen molar-refractivity contribution in [2.24, 2.45) is 5.92 Å². The molecule has 2 heterocycles. The van der Waals surface area contributed by atoms with Crippen LogP contribution in [0.15, 0.2) is 48.7 Å². The third-order valence-electron chi connectivity index (χ3n) is 5.55. The van der Waals surface area contributed by atoms with Gasteiger partial charge in [0.05, 0.1) is 0 Å². The van der Waals surface area contributed by atoms with Gasteiger partial charge in [-0.15, -0.1) is 0 Å². The lowest BCUT2D eigenvalue weighted by atomic mass is 9.90. The smallest absolute Gasteiger partial charge is 0.272 e. The van der Waals surface area contributed by atoms with Crippen LogP contribution in [-0.4, -0.2) is 52.8 Å². The summed E-state index contributed by atoms with van der Waals surface area (Å²) >= 11 is 0. The first kappa shape index (κ1) is 20.1. The molecule has 0 saturated carbocycles. The summed E-state index contributed by atoms with van der Waals surface area (Å²) in [5.41, 5.74) is 2.25. The van der Waals surface area contributed by atoms with E-state index in [1.165, 1.54) is 5.56 Å². The van der Waals surface area contributed by atoms with Crippen LogP contribution in [0.25, 0.3) is 0 Å². The number of hydrogen-bond donors (Lipinski definition) is 0. The fourth-order valence-corrected chi connectivity index (χ4v) is 3.82. The normalized spacial score (nSPS) is 14.7. The Morgan fingerprint density at radius 2 is 1.75 bits per heavy atom. The lowest BCUT2D eigenvalue weighted by Gasteiger charge is -2.32. The lowest BCUT2D eigenvalue weighted by molar-refractivity contribution is 0.0684. The van der Waals surface area contributed by atoms with E-state index in [0.29, 0.717) is 30.3 Å². The number of carbonyl (C=O) groups excluding carboxylic acids is 2. The second-order valence-corrected chi connectivity index (χ2v) is 7.33. The highest BCUT2D eigenvalue weighted by Crippen LogP contribution is 2.22. The predicted molar refractivity (Wildman–Crippen MR) is 110 cm³/mol. The number of pyridine rings is 1. The van der Waals surface area contributed by atoms with E-state index in [9.17, 15) is 9.59 Å². The predicted octanol–water partition coefficient (Wildman–Crippen LogP) is 3.66. The maximum atomic E-state index is 12.9. The van der Waals surface area contributed by atoms with E-state index in [2.05, 4.69) is 29.2 Å². The van der Waals surface area contributed by atoms with Crippen molar-refractivity contribution in [3.05, 3.63) is 65.5 Å². The highest BCUT2D eigenvalue weighted by Gasteiger charge is 2.25. The van der Waals surface area contributed by atoms with Crippen molar-refractivity contribution in [1.82, 2.24) is 14.8 Å². The average molecular weight is 380 g/mol. The molecule has 1 aromatic heterocycles. The number of piperidine rings is 1. The molecule has 1 aliphatic rings. The van der Waals surface area contributed by atoms with Gasteiger partial charge in [-0.25, -0.2) is 0 Å². The Balaban J connectivity index is 1.61. The zero-order chi connectivity index (χ0) is 19.9. The first-order valence-electron chi connectivity index (χ1n) is 10.2. The van der Waals surface area contributed by atoms with Crippen LogP contribution in [0.5, 0.6) is 0 Å². The van der Waals surface area contributed by atoms with E-state index in [1.807, 2.05) is 24.8 Å². The molecule has 1 fully saturated rings. The molecule has 2 amide bonds. The van der Waals surface area contributed by atoms with Crippen molar-refractivity contribution in [2.45, 2.75) is 33.1 Å². The second kappa shape index (κ2) is 9.49. The maximum absolute atomic E-state index is 12.9. The van der Waals surface area contributed by atoms with Gasteiger partial charge in [-0.3, -0.25) is 14.6 Å². The summed E-state index contributed by atoms with van der Waals surface area (Å²) in [4.78, 5) is 33.3. The molecule has 0 unspecified atom stereocenters. The summed E-state index contributed by atoms with van der Waals surface area (Å²) in [5.74, 6) is 0.477. The van der Waals surface area contributed by atoms with Crippen LogP contribution in [-0.2, 0) is 6.42 Å². The minimum absolute atomic E-state index is 0.0528. The topological polar surface area (TPSA) is 53.5 Å². The van der Waals surface area contributed by atoms with Crippen molar-refractivity contribution >= 4 is 11.8 Å². The first-order chi connectivity index (χ1) is 13.6. The molecule has 5 heteroatoms. The number of rotatable bonds is 6. The number of hydrogen-bond acceptors (Lipinski definition) is 3. The summed E-state index contributed by atoms with van der Waals surface area (Å²) in [6, 6.07) is 13.8. The Hall–Kier alpha value is -2.69. The van der Waals surface area contributed by atoms with Gasteiger partial charge >= 0.3 is 0 Å². The van der Waals surface area contributed by atoms with Gasteiger partial charge in [0.2, 0.25) is 0 Å². The largest absolute Gasteiger partial charge is 0.339 e. The highest BCUT2D eigenvalue weighted by atomic mass is 16.2. The Morgan fingerprint density at radius 3 is 2.39 bits per heavy atom. The van der Waals surface area contributed by atoms with Gasteiger partial charge in [0.15, 0.2) is 0 Å². The molecule has 1 aromatic carbocycles. The molecule has 1 aliphatic heterocycles. The molecule has 0 N–H and O–H groups in total. The van der Waals surface area contributed by atoms with E-state index < -0.39 is 0 Å². The second-order valence-electron chi connectivity index (χ2n) is 7.33. The van der Waals surface area contributed by atoms with Gasteiger partial charge in [0.25, 0.3) is 11.8 Å². The molecule has 5 nitrogen and oxygen atoms in total. The third kappa shape index (κ3) is 4.77. The van der Waals surface area contributed by atoms with Crippen LogP contribution in [0, 0.1) is 5.92 Å². The monoisotopic (exact) mass is 379 g/mol. The standard InChI is InChI=1S/C23H29N3O2/c1-3-25(4-2)22(27)20-10-13-24-21(17-20)23(28)26-14-11-19(12-15-26)16-18-8-6-5-7-9-18/h5-10,13,17,19H,3-4,11-12,14-16H2,1-2H3. The Labute approximate surface area is 167 Å². The summed E-state index contributed by atoms with van der Waals surface area (Å²) in [6.45, 7) is 6.69. The fraction of sp³-hybridized carbons (Fsp3) is 0.435. The molecular formula is C23H29N3O2. The number of carbonyl (C=O) groups is 2. The molecule has 2 aromatic rings. The van der Waals surface area contributed by atoms with Crippen molar-refractivity contribution in [1.29, 1.82) is 0 Å². The van der Waals surface area contributed by atoms with Gasteiger partial charge in [0, 0.05) is 37.9 Å². The molecule has 0 atom stereocenters. The number of amides is 2. The Kier molecular flexibility index (Phi) is 6.80. The van der Waals surface area contributed by atoms with Crippen LogP contribution in [0.4, 0.5) is 0 Å². The molecular weight excluding hydrogens is 350 g/mol. The molecule has 0 spiro atoms. The van der Waals surface area contributed by atoms with Gasteiger partial charge < -0.3 is 9.80 Å². The lowest BCUT2D eigenvalue weighted by Crippen LogP contribution is -2.39. The maximum Gasteiger partial charge on any atom is 0.272 e. The molecule has 0 bridgehead atoms. The van der Waals surface area contributed by atoms with Gasteiger partial charge in [-0.2, -0.15) is 0 Å². The molecule has 28 heavy (non-hydrogen) atoms. The van der Waals surface area contributed by atoms with Crippen molar-refractivity contribution in [2.75, 3.05) is 26.2 Å².